The van der Waals surface area contributed by atoms with E-state index in [2.05, 4.69) is 25.5 Å². The summed E-state index contributed by atoms with van der Waals surface area (Å²) < 4.78 is 74.4. The van der Waals surface area contributed by atoms with Crippen molar-refractivity contribution in [1.82, 2.24) is 53.7 Å². The van der Waals surface area contributed by atoms with Crippen LogP contribution in [0, 0.1) is 12.3 Å². The number of rotatable bonds is 13. The molecule has 6 aromatic rings. The molecule has 1 N–H and O–H groups in total. The fraction of sp³-hybridized carbons (Fsp3) is 0.455. The number of imidazole rings is 1. The van der Waals surface area contributed by atoms with E-state index in [1.54, 1.807) is 36.9 Å². The number of pyridine rings is 2. The number of fused-ring (bicyclic) bond motifs is 1. The summed E-state index contributed by atoms with van der Waals surface area (Å²) in [4.78, 5) is 57.5. The zero-order chi connectivity index (χ0) is 44.2. The standard InChI is InChI=1S/C44H44F5N11O3/c1-24-30(8-9-32(52-24)28-19-50-41-53-33(26-4-5-26)22-56(41)21-28)31-17-43(31)11-13-58(39(43)63)35(14-25-18-51-59(20-25)40(45)46)38(62)54-42(2,3)23-60-34(16-36(55-60)44(47,48)49)27-10-12-57(29-6-7-29)37(61)15-27/h8-10,12,15-16,18-22,26,29,31,35,40H,4-7,11,13-14,17,23H2,1-3H3,(H,54,62)/t31-,35-,43+/m1/s1. The van der Waals surface area contributed by atoms with Gasteiger partial charge in [-0.25, -0.2) is 14.6 Å². The van der Waals surface area contributed by atoms with Crippen LogP contribution in [0.15, 0.2) is 72.3 Å². The average Bonchev–Trinajstić information content (AvgIpc) is 4.19. The van der Waals surface area contributed by atoms with Crippen molar-refractivity contribution in [3.8, 4) is 22.5 Å². The number of halogens is 5. The van der Waals surface area contributed by atoms with Gasteiger partial charge in [0.25, 0.3) is 5.56 Å². The molecule has 7 heterocycles. The summed E-state index contributed by atoms with van der Waals surface area (Å²) in [6, 6.07) is 6.52. The minimum Gasteiger partial charge on any atom is -0.348 e. The van der Waals surface area contributed by atoms with Crippen LogP contribution in [-0.4, -0.2) is 78.3 Å². The van der Waals surface area contributed by atoms with Gasteiger partial charge in [-0.3, -0.25) is 28.5 Å². The smallest absolute Gasteiger partial charge is 0.348 e. The number of amides is 2. The molecule has 0 bridgehead atoms. The van der Waals surface area contributed by atoms with Crippen molar-refractivity contribution < 1.29 is 31.5 Å². The Hall–Kier alpha value is -6.27. The van der Waals surface area contributed by atoms with E-state index < -0.39 is 41.3 Å². The molecule has 6 aromatic heterocycles. The van der Waals surface area contributed by atoms with E-state index in [1.165, 1.54) is 17.2 Å². The Morgan fingerprint density at radius 2 is 1.78 bits per heavy atom. The molecule has 328 valence electrons. The molecule has 1 spiro atoms. The average molecular weight is 870 g/mol. The van der Waals surface area contributed by atoms with E-state index in [0.29, 0.717) is 34.8 Å². The third-order valence-corrected chi connectivity index (χ3v) is 12.9. The first-order valence-electron chi connectivity index (χ1n) is 21.1. The molecule has 0 radical (unpaired) electrons. The lowest BCUT2D eigenvalue weighted by molar-refractivity contribution is -0.141. The van der Waals surface area contributed by atoms with Crippen molar-refractivity contribution in [2.45, 2.75) is 114 Å². The van der Waals surface area contributed by atoms with Gasteiger partial charge >= 0.3 is 12.7 Å². The zero-order valence-corrected chi connectivity index (χ0v) is 34.7. The van der Waals surface area contributed by atoms with Crippen molar-refractivity contribution >= 4 is 17.6 Å². The molecule has 4 fully saturated rings. The number of aromatic nitrogens is 9. The monoisotopic (exact) mass is 869 g/mol. The Morgan fingerprint density at radius 3 is 2.46 bits per heavy atom. The molecule has 63 heavy (non-hydrogen) atoms. The lowest BCUT2D eigenvalue weighted by Gasteiger charge is -2.33. The molecular formula is C44H44F5N11O3. The van der Waals surface area contributed by atoms with Crippen molar-refractivity contribution in [2.75, 3.05) is 6.54 Å². The number of hydrogen-bond acceptors (Lipinski definition) is 8. The molecule has 1 saturated heterocycles. The second-order valence-corrected chi connectivity index (χ2v) is 18.2. The summed E-state index contributed by atoms with van der Waals surface area (Å²) in [5, 5.41) is 10.5. The minimum absolute atomic E-state index is 0.0355. The van der Waals surface area contributed by atoms with Gasteiger partial charge in [-0.2, -0.15) is 32.1 Å². The summed E-state index contributed by atoms with van der Waals surface area (Å²) in [7, 11) is 0. The molecule has 3 atom stereocenters. The fourth-order valence-corrected chi connectivity index (χ4v) is 9.25. The Kier molecular flexibility index (Phi) is 9.49. The van der Waals surface area contributed by atoms with Gasteiger partial charge in [0.05, 0.1) is 40.8 Å². The van der Waals surface area contributed by atoms with Crippen LogP contribution in [0.4, 0.5) is 22.0 Å². The molecule has 1 aliphatic heterocycles. The Morgan fingerprint density at radius 1 is 0.984 bits per heavy atom. The minimum atomic E-state index is -4.79. The molecular weight excluding hydrogens is 826 g/mol. The lowest BCUT2D eigenvalue weighted by atomic mass is 9.96. The maximum absolute atomic E-state index is 14.6. The highest BCUT2D eigenvalue weighted by Gasteiger charge is 2.65. The normalized spacial score (nSPS) is 20.7. The number of carbonyl (C=O) groups excluding carboxylic acids is 2. The van der Waals surface area contributed by atoms with E-state index >= 15 is 0 Å². The molecule has 10 rings (SSSR count). The second-order valence-electron chi connectivity index (χ2n) is 18.2. The molecule has 14 nitrogen and oxygen atoms in total. The van der Waals surface area contributed by atoms with Crippen molar-refractivity contribution in [3.05, 3.63) is 106 Å². The van der Waals surface area contributed by atoms with Gasteiger partial charge in [-0.15, -0.1) is 0 Å². The van der Waals surface area contributed by atoms with Crippen molar-refractivity contribution in [2.24, 2.45) is 5.41 Å². The lowest BCUT2D eigenvalue weighted by Crippen LogP contribution is -2.56. The van der Waals surface area contributed by atoms with Crippen LogP contribution in [0.5, 0.6) is 0 Å². The summed E-state index contributed by atoms with van der Waals surface area (Å²) in [6.07, 6.45) is 9.64. The van der Waals surface area contributed by atoms with Crippen molar-refractivity contribution in [3.63, 3.8) is 0 Å². The van der Waals surface area contributed by atoms with E-state index in [-0.39, 0.29) is 54.2 Å². The van der Waals surface area contributed by atoms with E-state index in [0.717, 1.165) is 70.8 Å². The Bertz CT molecular complexity index is 2850. The van der Waals surface area contributed by atoms with Crippen LogP contribution >= 0.6 is 0 Å². The van der Waals surface area contributed by atoms with Crippen LogP contribution < -0.4 is 10.9 Å². The van der Waals surface area contributed by atoms with Crippen LogP contribution in [0.3, 0.4) is 0 Å². The summed E-state index contributed by atoms with van der Waals surface area (Å²) in [5.74, 6) is 0.0833. The number of nitrogens with zero attached hydrogens (tertiary/aromatic N) is 10. The van der Waals surface area contributed by atoms with Crippen LogP contribution in [-0.2, 0) is 28.7 Å². The quantitative estimate of drug-likeness (QED) is 0.124. The molecule has 4 aliphatic rings. The number of alkyl halides is 5. The van der Waals surface area contributed by atoms with Crippen molar-refractivity contribution in [1.29, 1.82) is 0 Å². The third-order valence-electron chi connectivity index (χ3n) is 12.9. The van der Waals surface area contributed by atoms with Gasteiger partial charge in [0, 0.05) is 84.7 Å². The first-order valence-corrected chi connectivity index (χ1v) is 21.1. The summed E-state index contributed by atoms with van der Waals surface area (Å²) in [5.41, 5.74) is 1.25. The van der Waals surface area contributed by atoms with E-state index in [9.17, 15) is 36.3 Å². The van der Waals surface area contributed by atoms with E-state index in [1.807, 2.05) is 35.9 Å². The largest absolute Gasteiger partial charge is 0.435 e. The van der Waals surface area contributed by atoms with Gasteiger partial charge in [-0.1, -0.05) is 6.07 Å². The predicted molar refractivity (Wildman–Crippen MR) is 217 cm³/mol. The van der Waals surface area contributed by atoms with Crippen LogP contribution in [0.1, 0.15) is 105 Å². The summed E-state index contributed by atoms with van der Waals surface area (Å²) >= 11 is 0. The van der Waals surface area contributed by atoms with Gasteiger partial charge in [-0.05, 0) is 88.6 Å². The molecule has 3 saturated carbocycles. The first kappa shape index (κ1) is 40.8. The number of aryl methyl sites for hydroxylation is 1. The highest BCUT2D eigenvalue weighted by Crippen LogP contribution is 2.65. The molecule has 0 unspecified atom stereocenters. The second kappa shape index (κ2) is 14.7. The first-order chi connectivity index (χ1) is 30.0. The molecule has 2 amide bonds. The summed E-state index contributed by atoms with van der Waals surface area (Å²) in [6.45, 7) is 2.17. The van der Waals surface area contributed by atoms with Gasteiger partial charge < -0.3 is 14.8 Å². The van der Waals surface area contributed by atoms with E-state index in [4.69, 9.17) is 4.98 Å². The Balaban J connectivity index is 0.892. The van der Waals surface area contributed by atoms with Gasteiger partial charge in [0.15, 0.2) is 5.69 Å². The highest BCUT2D eigenvalue weighted by atomic mass is 19.4. The van der Waals surface area contributed by atoms with Gasteiger partial charge in [0.2, 0.25) is 17.6 Å². The zero-order valence-electron chi connectivity index (χ0n) is 34.7. The predicted octanol–water partition coefficient (Wildman–Crippen LogP) is 6.86. The highest BCUT2D eigenvalue weighted by molar-refractivity contribution is 5.94. The van der Waals surface area contributed by atoms with Gasteiger partial charge in [0.1, 0.15) is 6.04 Å². The third kappa shape index (κ3) is 7.68. The Labute approximate surface area is 357 Å². The number of likely N-dealkylation sites (tertiary alicyclic amines) is 1. The van der Waals surface area contributed by atoms with Crippen LogP contribution in [0.2, 0.25) is 0 Å². The molecule has 3 aliphatic carbocycles. The fourth-order valence-electron chi connectivity index (χ4n) is 9.25. The maximum Gasteiger partial charge on any atom is 0.435 e. The topological polar surface area (TPSA) is 150 Å². The number of hydrogen-bond donors (Lipinski definition) is 1. The number of carbonyl (C=O) groups is 2. The maximum atomic E-state index is 14.6. The van der Waals surface area contributed by atoms with Crippen LogP contribution in [0.25, 0.3) is 28.3 Å². The number of nitrogens with one attached hydrogen (secondary N) is 1. The molecule has 19 heteroatoms. The SMILES string of the molecule is Cc1nc(-c2cnc3nc(C4CC4)cn3c2)ccc1[C@H]1C[C@@]12CCN([C@H](Cc1cnn(C(F)F)c1)C(=O)NC(C)(C)Cn1nc(C(F)(F)F)cc1-c1ccn(C3CC3)c(=O)c1)C2=O. The molecule has 0 aromatic carbocycles.